The number of hydrogen-bond acceptors (Lipinski definition) is 4. The fourth-order valence-electron chi connectivity index (χ4n) is 3.17. The summed E-state index contributed by atoms with van der Waals surface area (Å²) in [5, 5.41) is 9.30. The average molecular weight is 339 g/mol. The molecule has 0 spiro atoms. The molecule has 1 aromatic heterocycles. The summed E-state index contributed by atoms with van der Waals surface area (Å²) in [7, 11) is 0. The minimum Gasteiger partial charge on any atom is -0.480 e. The maximum absolute atomic E-state index is 12.7. The van der Waals surface area contributed by atoms with Gasteiger partial charge in [0.2, 0.25) is 5.91 Å². The molecule has 0 saturated carbocycles. The summed E-state index contributed by atoms with van der Waals surface area (Å²) in [5.41, 5.74) is 1.92. The van der Waals surface area contributed by atoms with Gasteiger partial charge in [-0.1, -0.05) is 24.3 Å². The number of amides is 1. The van der Waals surface area contributed by atoms with E-state index < -0.39 is 12.0 Å². The fraction of sp³-hybridized carbons (Fsp3) is 0.316. The number of benzene rings is 1. The molecule has 2 aromatic rings. The van der Waals surface area contributed by atoms with Crippen molar-refractivity contribution in [2.24, 2.45) is 0 Å². The average Bonchev–Trinajstić information content (AvgIpc) is 3.13. The van der Waals surface area contributed by atoms with E-state index in [4.69, 9.17) is 0 Å². The van der Waals surface area contributed by atoms with Crippen molar-refractivity contribution in [1.82, 2.24) is 9.88 Å². The van der Waals surface area contributed by atoms with Gasteiger partial charge in [-0.15, -0.1) is 0 Å². The molecule has 0 unspecified atom stereocenters. The Morgan fingerprint density at radius 1 is 1.20 bits per heavy atom. The second-order valence-corrected chi connectivity index (χ2v) is 6.14. The summed E-state index contributed by atoms with van der Waals surface area (Å²) in [6.45, 7) is 1.18. The van der Waals surface area contributed by atoms with Crippen LogP contribution in [0.4, 0.5) is 5.69 Å². The third kappa shape index (κ3) is 4.15. The molecule has 0 radical (unpaired) electrons. The Bertz CT molecular complexity index is 721. The molecule has 130 valence electrons. The Kier molecular flexibility index (Phi) is 5.28. The van der Waals surface area contributed by atoms with Crippen LogP contribution in [-0.2, 0) is 16.1 Å². The monoisotopic (exact) mass is 339 g/mol. The van der Waals surface area contributed by atoms with E-state index in [1.165, 1.54) is 4.90 Å². The van der Waals surface area contributed by atoms with Crippen LogP contribution in [0.15, 0.2) is 54.9 Å². The van der Waals surface area contributed by atoms with Gasteiger partial charge in [0.1, 0.15) is 6.04 Å². The molecule has 1 aromatic carbocycles. The van der Waals surface area contributed by atoms with Crippen LogP contribution in [0, 0.1) is 0 Å². The number of anilines is 1. The molecule has 2 heterocycles. The van der Waals surface area contributed by atoms with E-state index in [-0.39, 0.29) is 12.5 Å². The van der Waals surface area contributed by atoms with Gasteiger partial charge in [-0.05, 0) is 36.6 Å². The second-order valence-electron chi connectivity index (χ2n) is 6.14. The van der Waals surface area contributed by atoms with E-state index in [0.29, 0.717) is 19.5 Å². The summed E-state index contributed by atoms with van der Waals surface area (Å²) >= 11 is 0. The van der Waals surface area contributed by atoms with Gasteiger partial charge in [-0.2, -0.15) is 0 Å². The zero-order valence-electron chi connectivity index (χ0n) is 13.9. The highest BCUT2D eigenvalue weighted by Gasteiger charge is 2.34. The standard InChI is InChI=1S/C19H21N3O3/c23-18(22-11-5-9-17(22)19(24)25)14-21(16-7-2-1-3-8-16)13-15-6-4-10-20-12-15/h1-4,6-8,10,12,17H,5,9,11,13-14H2,(H,24,25)/t17-/m1/s1. The molecule has 1 saturated heterocycles. The normalized spacial score (nSPS) is 16.6. The Labute approximate surface area is 146 Å². The second kappa shape index (κ2) is 7.79. The smallest absolute Gasteiger partial charge is 0.326 e. The first kappa shape index (κ1) is 17.0. The Morgan fingerprint density at radius 3 is 2.68 bits per heavy atom. The van der Waals surface area contributed by atoms with Gasteiger partial charge in [0, 0.05) is 31.2 Å². The SMILES string of the molecule is O=C(O)[C@H]1CCCN1C(=O)CN(Cc1cccnc1)c1ccccc1. The number of carboxylic acids is 1. The van der Waals surface area contributed by atoms with Gasteiger partial charge in [-0.25, -0.2) is 4.79 Å². The molecular formula is C19H21N3O3. The van der Waals surface area contributed by atoms with Gasteiger partial charge in [0.05, 0.1) is 6.54 Å². The van der Waals surface area contributed by atoms with E-state index in [1.807, 2.05) is 47.4 Å². The van der Waals surface area contributed by atoms with E-state index in [0.717, 1.165) is 17.7 Å². The lowest BCUT2D eigenvalue weighted by molar-refractivity contribution is -0.147. The largest absolute Gasteiger partial charge is 0.480 e. The van der Waals surface area contributed by atoms with E-state index in [1.54, 1.807) is 12.4 Å². The third-order valence-electron chi connectivity index (χ3n) is 4.40. The number of para-hydroxylation sites is 1. The summed E-state index contributed by atoms with van der Waals surface area (Å²) in [6.07, 6.45) is 4.74. The zero-order valence-corrected chi connectivity index (χ0v) is 13.9. The molecule has 0 bridgehead atoms. The van der Waals surface area contributed by atoms with Crippen LogP contribution in [0.3, 0.4) is 0 Å². The quantitative estimate of drug-likeness (QED) is 0.873. The maximum Gasteiger partial charge on any atom is 0.326 e. The first-order valence-electron chi connectivity index (χ1n) is 8.36. The first-order valence-corrected chi connectivity index (χ1v) is 8.36. The molecule has 1 aliphatic rings. The minimum absolute atomic E-state index is 0.142. The number of hydrogen-bond donors (Lipinski definition) is 1. The topological polar surface area (TPSA) is 73.7 Å². The number of carbonyl (C=O) groups excluding carboxylic acids is 1. The molecular weight excluding hydrogens is 318 g/mol. The van der Waals surface area contributed by atoms with Crippen LogP contribution >= 0.6 is 0 Å². The highest BCUT2D eigenvalue weighted by atomic mass is 16.4. The molecule has 25 heavy (non-hydrogen) atoms. The van der Waals surface area contributed by atoms with Crippen LogP contribution in [0.2, 0.25) is 0 Å². The molecule has 1 aliphatic heterocycles. The van der Waals surface area contributed by atoms with Crippen molar-refractivity contribution in [3.8, 4) is 0 Å². The minimum atomic E-state index is -0.927. The predicted octanol–water partition coefficient (Wildman–Crippen LogP) is 2.16. The van der Waals surface area contributed by atoms with Crippen LogP contribution in [0.1, 0.15) is 18.4 Å². The lowest BCUT2D eigenvalue weighted by Crippen LogP contribution is -2.45. The number of likely N-dealkylation sites (tertiary alicyclic amines) is 1. The molecule has 1 N–H and O–H groups in total. The molecule has 1 atom stereocenters. The van der Waals surface area contributed by atoms with Gasteiger partial charge in [0.25, 0.3) is 0 Å². The van der Waals surface area contributed by atoms with Crippen molar-refractivity contribution in [1.29, 1.82) is 0 Å². The third-order valence-corrected chi connectivity index (χ3v) is 4.40. The van der Waals surface area contributed by atoms with Gasteiger partial charge in [-0.3, -0.25) is 9.78 Å². The number of rotatable bonds is 6. The number of carbonyl (C=O) groups is 2. The number of aromatic nitrogens is 1. The maximum atomic E-state index is 12.7. The number of aliphatic carboxylic acids is 1. The van der Waals surface area contributed by atoms with Crippen molar-refractivity contribution in [3.05, 3.63) is 60.4 Å². The van der Waals surface area contributed by atoms with Crippen LogP contribution in [0.25, 0.3) is 0 Å². The fourth-order valence-corrected chi connectivity index (χ4v) is 3.17. The summed E-state index contributed by atoms with van der Waals surface area (Å²) < 4.78 is 0. The summed E-state index contributed by atoms with van der Waals surface area (Å²) in [5.74, 6) is -1.08. The summed E-state index contributed by atoms with van der Waals surface area (Å²) in [4.78, 5) is 31.7. The molecule has 0 aliphatic carbocycles. The molecule has 6 nitrogen and oxygen atoms in total. The molecule has 1 amide bonds. The lowest BCUT2D eigenvalue weighted by atomic mass is 10.2. The predicted molar refractivity (Wildman–Crippen MR) is 94.1 cm³/mol. The first-order chi connectivity index (χ1) is 12.1. The Morgan fingerprint density at radius 2 is 2.00 bits per heavy atom. The highest BCUT2D eigenvalue weighted by molar-refractivity contribution is 5.87. The Hall–Kier alpha value is -2.89. The zero-order chi connectivity index (χ0) is 17.6. The van der Waals surface area contributed by atoms with Crippen LogP contribution in [0.5, 0.6) is 0 Å². The van der Waals surface area contributed by atoms with Crippen molar-refractivity contribution in [3.63, 3.8) is 0 Å². The van der Waals surface area contributed by atoms with Gasteiger partial charge in [0.15, 0.2) is 0 Å². The Balaban J connectivity index is 1.78. The van der Waals surface area contributed by atoms with Crippen molar-refractivity contribution < 1.29 is 14.7 Å². The van der Waals surface area contributed by atoms with Crippen LogP contribution in [-0.4, -0.2) is 46.0 Å². The van der Waals surface area contributed by atoms with E-state index in [2.05, 4.69) is 4.98 Å². The summed E-state index contributed by atoms with van der Waals surface area (Å²) in [6, 6.07) is 12.8. The van der Waals surface area contributed by atoms with Crippen molar-refractivity contribution >= 4 is 17.6 Å². The molecule has 3 rings (SSSR count). The van der Waals surface area contributed by atoms with Gasteiger partial charge < -0.3 is 14.9 Å². The number of nitrogens with zero attached hydrogens (tertiary/aromatic N) is 3. The van der Waals surface area contributed by atoms with E-state index in [9.17, 15) is 14.7 Å². The molecule has 1 fully saturated rings. The number of carboxylic acid groups (broad SMARTS) is 1. The van der Waals surface area contributed by atoms with Crippen LogP contribution < -0.4 is 4.90 Å². The van der Waals surface area contributed by atoms with Crippen molar-refractivity contribution in [2.45, 2.75) is 25.4 Å². The van der Waals surface area contributed by atoms with Gasteiger partial charge >= 0.3 is 5.97 Å². The number of pyridine rings is 1. The lowest BCUT2D eigenvalue weighted by Gasteiger charge is -2.28. The highest BCUT2D eigenvalue weighted by Crippen LogP contribution is 2.21. The van der Waals surface area contributed by atoms with Crippen molar-refractivity contribution in [2.75, 3.05) is 18.0 Å². The molecule has 6 heteroatoms. The van der Waals surface area contributed by atoms with E-state index >= 15 is 0 Å².